The lowest BCUT2D eigenvalue weighted by Crippen LogP contribution is -2.49. The number of aliphatic imine (C=N–C) groups is 1. The minimum Gasteiger partial charge on any atom is -0.497 e. The van der Waals surface area contributed by atoms with E-state index in [2.05, 4.69) is 49.9 Å². The molecule has 1 aromatic carbocycles. The second-order valence-electron chi connectivity index (χ2n) is 7.31. The van der Waals surface area contributed by atoms with Gasteiger partial charge in [0.1, 0.15) is 11.5 Å². The molecular formula is C22H34IN5O2S. The van der Waals surface area contributed by atoms with Crippen molar-refractivity contribution < 1.29 is 9.47 Å². The van der Waals surface area contributed by atoms with Crippen LogP contribution in [0.15, 0.2) is 28.6 Å². The molecule has 2 heterocycles. The molecule has 1 aliphatic rings. The van der Waals surface area contributed by atoms with Crippen LogP contribution in [0.25, 0.3) is 0 Å². The molecule has 7 nitrogen and oxygen atoms in total. The largest absolute Gasteiger partial charge is 0.497 e. The van der Waals surface area contributed by atoms with Crippen molar-refractivity contribution in [2.24, 2.45) is 4.99 Å². The van der Waals surface area contributed by atoms with Gasteiger partial charge in [-0.2, -0.15) is 0 Å². The maximum Gasteiger partial charge on any atom is 0.191 e. The number of aryl methyl sites for hydroxylation is 1. The molecule has 2 N–H and O–H groups in total. The summed E-state index contributed by atoms with van der Waals surface area (Å²) in [5.74, 6) is 2.50. The van der Waals surface area contributed by atoms with Crippen LogP contribution in [-0.4, -0.2) is 57.9 Å². The molecule has 0 radical (unpaired) electrons. The van der Waals surface area contributed by atoms with Crippen LogP contribution >= 0.6 is 35.3 Å². The van der Waals surface area contributed by atoms with Crippen LogP contribution in [0.4, 0.5) is 5.69 Å². The molecule has 1 fully saturated rings. The number of thiazole rings is 1. The molecule has 2 aromatic rings. The zero-order valence-electron chi connectivity index (χ0n) is 18.8. The number of piperidine rings is 1. The number of aromatic nitrogens is 1. The molecule has 1 aromatic heterocycles. The first-order valence-corrected chi connectivity index (χ1v) is 11.4. The van der Waals surface area contributed by atoms with Crippen LogP contribution in [0, 0.1) is 0 Å². The van der Waals surface area contributed by atoms with Gasteiger partial charge >= 0.3 is 0 Å². The molecular weight excluding hydrogens is 525 g/mol. The lowest BCUT2D eigenvalue weighted by Gasteiger charge is -2.34. The Morgan fingerprint density at radius 2 is 1.87 bits per heavy atom. The van der Waals surface area contributed by atoms with Crippen molar-refractivity contribution in [1.82, 2.24) is 15.6 Å². The molecule has 31 heavy (non-hydrogen) atoms. The molecule has 3 rings (SSSR count). The zero-order valence-corrected chi connectivity index (χ0v) is 22.0. The van der Waals surface area contributed by atoms with E-state index in [-0.39, 0.29) is 24.0 Å². The highest BCUT2D eigenvalue weighted by molar-refractivity contribution is 14.0. The Morgan fingerprint density at radius 1 is 1.19 bits per heavy atom. The third-order valence-electron chi connectivity index (χ3n) is 5.34. The highest BCUT2D eigenvalue weighted by Gasteiger charge is 2.21. The molecule has 0 amide bonds. The van der Waals surface area contributed by atoms with Gasteiger partial charge in [-0.05, 0) is 19.3 Å². The highest BCUT2D eigenvalue weighted by atomic mass is 127. The summed E-state index contributed by atoms with van der Waals surface area (Å²) in [6, 6.07) is 6.45. The first kappa shape index (κ1) is 25.5. The minimum atomic E-state index is 0. The van der Waals surface area contributed by atoms with Crippen LogP contribution in [0.5, 0.6) is 11.5 Å². The molecule has 0 aliphatic carbocycles. The van der Waals surface area contributed by atoms with E-state index in [1.807, 2.05) is 13.1 Å². The fourth-order valence-corrected chi connectivity index (χ4v) is 4.36. The summed E-state index contributed by atoms with van der Waals surface area (Å²) in [7, 11) is 5.19. The van der Waals surface area contributed by atoms with Crippen molar-refractivity contribution in [3.8, 4) is 11.5 Å². The number of methoxy groups -OCH3 is 2. The molecule has 0 saturated carbocycles. The third-order valence-corrected chi connectivity index (χ3v) is 6.38. The molecule has 172 valence electrons. The van der Waals surface area contributed by atoms with Crippen molar-refractivity contribution >= 4 is 47.0 Å². The van der Waals surface area contributed by atoms with Crippen LogP contribution in [0.3, 0.4) is 0 Å². The van der Waals surface area contributed by atoms with Crippen LogP contribution in [0.2, 0.25) is 0 Å². The van der Waals surface area contributed by atoms with Gasteiger partial charge in [0.2, 0.25) is 0 Å². The summed E-state index contributed by atoms with van der Waals surface area (Å²) in [5, 5.41) is 10.3. The molecule has 1 saturated heterocycles. The van der Waals surface area contributed by atoms with E-state index in [9.17, 15) is 0 Å². The fourth-order valence-electron chi connectivity index (χ4n) is 3.58. The lowest BCUT2D eigenvalue weighted by atomic mass is 10.0. The number of halogens is 1. The van der Waals surface area contributed by atoms with E-state index < -0.39 is 0 Å². The predicted octanol–water partition coefficient (Wildman–Crippen LogP) is 3.72. The van der Waals surface area contributed by atoms with Gasteiger partial charge in [0.25, 0.3) is 0 Å². The number of hydrogen-bond donors (Lipinski definition) is 2. The van der Waals surface area contributed by atoms with Gasteiger partial charge in [0, 0.05) is 68.4 Å². The topological polar surface area (TPSA) is 71.0 Å². The van der Waals surface area contributed by atoms with Gasteiger partial charge in [-0.1, -0.05) is 6.92 Å². The molecule has 0 bridgehead atoms. The first-order valence-electron chi connectivity index (χ1n) is 10.5. The normalized spacial score (nSPS) is 14.7. The SMILES string of the molecule is CCc1nc(CCNC(=NC)NC2CCN(c3cc(OC)cc(OC)c3)CC2)cs1.I. The van der Waals surface area contributed by atoms with Gasteiger partial charge in [0.05, 0.1) is 24.9 Å². The second-order valence-corrected chi connectivity index (χ2v) is 8.25. The highest BCUT2D eigenvalue weighted by Crippen LogP contribution is 2.30. The number of benzene rings is 1. The standard InChI is InChI=1S/C22H33N5O2S.HI/c1-5-21-25-17(15-30-21)6-9-24-22(23-2)26-16-7-10-27(11-8-16)18-12-19(28-3)14-20(13-18)29-4;/h12-16H,5-11H2,1-4H3,(H2,23,24,26);1H. The maximum atomic E-state index is 5.41. The predicted molar refractivity (Wildman–Crippen MR) is 140 cm³/mol. The van der Waals surface area contributed by atoms with Crippen LogP contribution < -0.4 is 25.0 Å². The summed E-state index contributed by atoms with van der Waals surface area (Å²) >= 11 is 1.74. The number of anilines is 1. The Bertz CT molecular complexity index is 815. The summed E-state index contributed by atoms with van der Waals surface area (Å²) < 4.78 is 10.8. The van der Waals surface area contributed by atoms with Crippen molar-refractivity contribution in [3.63, 3.8) is 0 Å². The molecule has 0 spiro atoms. The summed E-state index contributed by atoms with van der Waals surface area (Å²) in [6.07, 6.45) is 4.01. The number of nitrogens with zero attached hydrogens (tertiary/aromatic N) is 3. The summed E-state index contributed by atoms with van der Waals surface area (Å²) in [5.41, 5.74) is 2.30. The molecule has 0 unspecified atom stereocenters. The van der Waals surface area contributed by atoms with Gasteiger partial charge in [-0.15, -0.1) is 35.3 Å². The third kappa shape index (κ3) is 7.41. The average molecular weight is 560 g/mol. The maximum absolute atomic E-state index is 5.41. The minimum absolute atomic E-state index is 0. The number of guanidine groups is 1. The summed E-state index contributed by atoms with van der Waals surface area (Å²) in [6.45, 7) is 4.92. The molecule has 1 aliphatic heterocycles. The Morgan fingerprint density at radius 3 is 2.42 bits per heavy atom. The van der Waals surface area contributed by atoms with Gasteiger partial charge in [0.15, 0.2) is 5.96 Å². The van der Waals surface area contributed by atoms with Crippen molar-refractivity contribution in [3.05, 3.63) is 34.3 Å². The Balaban J connectivity index is 0.00000341. The van der Waals surface area contributed by atoms with E-state index in [0.29, 0.717) is 6.04 Å². The fraction of sp³-hybridized carbons (Fsp3) is 0.545. The number of ether oxygens (including phenoxy) is 2. The number of nitrogens with one attached hydrogen (secondary N) is 2. The van der Waals surface area contributed by atoms with Crippen molar-refractivity contribution in [2.45, 2.75) is 38.6 Å². The summed E-state index contributed by atoms with van der Waals surface area (Å²) in [4.78, 5) is 11.4. The van der Waals surface area contributed by atoms with Crippen LogP contribution in [0.1, 0.15) is 30.5 Å². The first-order chi connectivity index (χ1) is 14.6. The quantitative estimate of drug-likeness (QED) is 0.292. The number of hydrogen-bond acceptors (Lipinski definition) is 6. The molecule has 9 heteroatoms. The smallest absolute Gasteiger partial charge is 0.191 e. The Hall–Kier alpha value is -1.75. The second kappa shape index (κ2) is 12.9. The van der Waals surface area contributed by atoms with Gasteiger partial charge < -0.3 is 25.0 Å². The van der Waals surface area contributed by atoms with Crippen molar-refractivity contribution in [2.75, 3.05) is 45.8 Å². The monoisotopic (exact) mass is 559 g/mol. The Labute approximate surface area is 206 Å². The van der Waals surface area contributed by atoms with Crippen LogP contribution in [-0.2, 0) is 12.8 Å². The zero-order chi connectivity index (χ0) is 21.3. The van der Waals surface area contributed by atoms with Gasteiger partial charge in [-0.3, -0.25) is 4.99 Å². The molecule has 0 atom stereocenters. The van der Waals surface area contributed by atoms with E-state index in [1.54, 1.807) is 25.6 Å². The van der Waals surface area contributed by atoms with E-state index in [1.165, 1.54) is 5.01 Å². The van der Waals surface area contributed by atoms with Gasteiger partial charge in [-0.25, -0.2) is 4.98 Å². The van der Waals surface area contributed by atoms with Crippen molar-refractivity contribution in [1.29, 1.82) is 0 Å². The average Bonchev–Trinajstić information content (AvgIpc) is 3.26. The lowest BCUT2D eigenvalue weighted by molar-refractivity contribution is 0.393. The Kier molecular flexibility index (Phi) is 10.7. The van der Waals surface area contributed by atoms with E-state index >= 15 is 0 Å². The van der Waals surface area contributed by atoms with E-state index in [4.69, 9.17) is 9.47 Å². The number of rotatable bonds is 8. The van der Waals surface area contributed by atoms with E-state index in [0.717, 1.165) is 74.2 Å².